The summed E-state index contributed by atoms with van der Waals surface area (Å²) in [6.45, 7) is 4.50. The van der Waals surface area contributed by atoms with E-state index in [1.54, 1.807) is 18.9 Å². The van der Waals surface area contributed by atoms with Crippen molar-refractivity contribution in [1.82, 2.24) is 4.90 Å². The Morgan fingerprint density at radius 1 is 1.63 bits per heavy atom. The molecule has 1 heterocycles. The van der Waals surface area contributed by atoms with Crippen molar-refractivity contribution in [3.63, 3.8) is 0 Å². The van der Waals surface area contributed by atoms with Crippen molar-refractivity contribution < 1.29 is 9.90 Å². The molecule has 1 unspecified atom stereocenters. The summed E-state index contributed by atoms with van der Waals surface area (Å²) in [5.41, 5.74) is 6.34. The highest BCUT2D eigenvalue weighted by molar-refractivity contribution is 7.14. The lowest BCUT2D eigenvalue weighted by Gasteiger charge is -2.16. The zero-order chi connectivity index (χ0) is 14.4. The first kappa shape index (κ1) is 15.7. The number of aryl methyl sites for hydroxylation is 1. The van der Waals surface area contributed by atoms with E-state index in [1.807, 2.05) is 13.0 Å². The van der Waals surface area contributed by atoms with Gasteiger partial charge in [-0.1, -0.05) is 11.8 Å². The van der Waals surface area contributed by atoms with Gasteiger partial charge in [0, 0.05) is 13.6 Å². The highest BCUT2D eigenvalue weighted by atomic mass is 32.1. The summed E-state index contributed by atoms with van der Waals surface area (Å²) < 4.78 is 0. The van der Waals surface area contributed by atoms with Gasteiger partial charge in [-0.2, -0.15) is 0 Å². The van der Waals surface area contributed by atoms with E-state index in [0.717, 1.165) is 10.4 Å². The van der Waals surface area contributed by atoms with Crippen molar-refractivity contribution in [3.05, 3.63) is 21.4 Å². The van der Waals surface area contributed by atoms with Crippen LogP contribution in [0.2, 0.25) is 0 Å². The Hall–Kier alpha value is -1.35. The number of aliphatic hydroxyl groups excluding tert-OH is 1. The number of nitrogens with two attached hydrogens (primary N) is 1. The molecule has 0 spiro atoms. The molecule has 104 valence electrons. The van der Waals surface area contributed by atoms with E-state index >= 15 is 0 Å². The van der Waals surface area contributed by atoms with E-state index in [2.05, 4.69) is 11.8 Å². The molecule has 1 aromatic heterocycles. The van der Waals surface area contributed by atoms with E-state index in [0.29, 0.717) is 24.4 Å². The number of rotatable bonds is 4. The molecule has 3 N–H and O–H groups in total. The highest BCUT2D eigenvalue weighted by Crippen LogP contribution is 2.22. The van der Waals surface area contributed by atoms with E-state index in [-0.39, 0.29) is 5.91 Å². The van der Waals surface area contributed by atoms with Gasteiger partial charge in [0.2, 0.25) is 0 Å². The lowest BCUT2D eigenvalue weighted by molar-refractivity contribution is 0.0773. The predicted molar refractivity (Wildman–Crippen MR) is 78.2 cm³/mol. The largest absolute Gasteiger partial charge is 0.393 e. The van der Waals surface area contributed by atoms with Crippen molar-refractivity contribution in [3.8, 4) is 11.8 Å². The molecule has 0 aliphatic heterocycles. The van der Waals surface area contributed by atoms with Crippen LogP contribution in [0.5, 0.6) is 0 Å². The molecule has 1 rings (SSSR count). The van der Waals surface area contributed by atoms with Crippen LogP contribution in [0.15, 0.2) is 6.07 Å². The minimum atomic E-state index is -0.397. The van der Waals surface area contributed by atoms with Crippen molar-refractivity contribution in [2.45, 2.75) is 26.4 Å². The van der Waals surface area contributed by atoms with E-state index in [4.69, 9.17) is 5.73 Å². The fraction of sp³-hybridized carbons (Fsp3) is 0.500. The van der Waals surface area contributed by atoms with E-state index in [9.17, 15) is 9.90 Å². The second-order valence-corrected chi connectivity index (χ2v) is 5.55. The minimum Gasteiger partial charge on any atom is -0.393 e. The number of hydrogen-bond acceptors (Lipinski definition) is 4. The van der Waals surface area contributed by atoms with Gasteiger partial charge in [0.05, 0.1) is 22.4 Å². The molecule has 0 bridgehead atoms. The normalized spacial score (nSPS) is 11.6. The Bertz CT molecular complexity index is 497. The van der Waals surface area contributed by atoms with Crippen LogP contribution in [0.25, 0.3) is 0 Å². The topological polar surface area (TPSA) is 66.6 Å². The molecule has 4 nitrogen and oxygen atoms in total. The fourth-order valence-electron chi connectivity index (χ4n) is 1.51. The van der Waals surface area contributed by atoms with Crippen LogP contribution in [0, 0.1) is 18.8 Å². The zero-order valence-electron chi connectivity index (χ0n) is 11.6. The predicted octanol–water partition coefficient (Wildman–Crippen LogP) is 1.21. The summed E-state index contributed by atoms with van der Waals surface area (Å²) >= 11 is 1.39. The molecule has 1 amide bonds. The smallest absolute Gasteiger partial charge is 0.263 e. The second kappa shape index (κ2) is 7.29. The van der Waals surface area contributed by atoms with Crippen LogP contribution in [-0.4, -0.2) is 42.2 Å². The Morgan fingerprint density at radius 2 is 2.32 bits per heavy atom. The minimum absolute atomic E-state index is 0.0328. The van der Waals surface area contributed by atoms with Gasteiger partial charge in [-0.15, -0.1) is 11.3 Å². The summed E-state index contributed by atoms with van der Waals surface area (Å²) in [5, 5.41) is 9.23. The molecule has 1 aromatic rings. The van der Waals surface area contributed by atoms with Crippen LogP contribution < -0.4 is 5.73 Å². The molecule has 1 atom stereocenters. The summed E-state index contributed by atoms with van der Waals surface area (Å²) in [6, 6.07) is 1.85. The summed E-state index contributed by atoms with van der Waals surface area (Å²) in [4.78, 5) is 15.4. The number of carbonyl (C=O) groups is 1. The SMILES string of the molecule is Cc1cc(C(=O)N(C)CCC(C)O)sc1C#CCN. The quantitative estimate of drug-likeness (QED) is 0.815. The van der Waals surface area contributed by atoms with Gasteiger partial charge < -0.3 is 15.7 Å². The lowest BCUT2D eigenvalue weighted by atomic mass is 10.2. The first-order chi connectivity index (χ1) is 8.95. The third kappa shape index (κ3) is 4.67. The number of carbonyl (C=O) groups excluding carboxylic acids is 1. The average Bonchev–Trinajstić information content (AvgIpc) is 2.73. The maximum Gasteiger partial charge on any atom is 0.263 e. The van der Waals surface area contributed by atoms with Crippen LogP contribution in [0.4, 0.5) is 0 Å². The zero-order valence-corrected chi connectivity index (χ0v) is 12.4. The monoisotopic (exact) mass is 280 g/mol. The molecule has 0 aliphatic rings. The average molecular weight is 280 g/mol. The Morgan fingerprint density at radius 3 is 2.89 bits per heavy atom. The van der Waals surface area contributed by atoms with Gasteiger partial charge >= 0.3 is 0 Å². The number of hydrogen-bond donors (Lipinski definition) is 2. The van der Waals surface area contributed by atoms with Crippen LogP contribution >= 0.6 is 11.3 Å². The standard InChI is InChI=1S/C14H20N2O2S/c1-10-9-13(19-12(10)5-4-7-15)14(18)16(3)8-6-11(2)17/h9,11,17H,6-8,15H2,1-3H3. The summed E-state index contributed by atoms with van der Waals surface area (Å²) in [7, 11) is 1.74. The molecular weight excluding hydrogens is 260 g/mol. The van der Waals surface area contributed by atoms with Crippen molar-refractivity contribution in [1.29, 1.82) is 0 Å². The number of amides is 1. The molecule has 5 heteroatoms. The van der Waals surface area contributed by atoms with Crippen LogP contribution in [-0.2, 0) is 0 Å². The van der Waals surface area contributed by atoms with Crippen LogP contribution in [0.1, 0.15) is 33.5 Å². The summed E-state index contributed by atoms with van der Waals surface area (Å²) in [6.07, 6.45) is 0.179. The lowest BCUT2D eigenvalue weighted by Crippen LogP contribution is -2.28. The third-order valence-corrected chi connectivity index (χ3v) is 3.80. The number of aliphatic hydroxyl groups is 1. The van der Waals surface area contributed by atoms with Gasteiger partial charge in [-0.25, -0.2) is 0 Å². The molecule has 0 radical (unpaired) electrons. The Kier molecular flexibility index (Phi) is 6.03. The summed E-state index contributed by atoms with van der Waals surface area (Å²) in [5.74, 6) is 5.73. The van der Waals surface area contributed by atoms with Gasteiger partial charge in [-0.05, 0) is 31.9 Å². The van der Waals surface area contributed by atoms with Gasteiger partial charge in [0.15, 0.2) is 0 Å². The molecule has 0 aromatic carbocycles. The molecule has 0 fully saturated rings. The van der Waals surface area contributed by atoms with Crippen molar-refractivity contribution >= 4 is 17.2 Å². The van der Waals surface area contributed by atoms with Gasteiger partial charge in [0.25, 0.3) is 5.91 Å². The molecule has 0 aliphatic carbocycles. The van der Waals surface area contributed by atoms with Gasteiger partial charge in [-0.3, -0.25) is 4.79 Å². The Balaban J connectivity index is 2.77. The van der Waals surface area contributed by atoms with E-state index in [1.165, 1.54) is 11.3 Å². The Labute approximate surface area is 118 Å². The number of nitrogens with zero attached hydrogens (tertiary/aromatic N) is 1. The third-order valence-electron chi connectivity index (χ3n) is 2.66. The van der Waals surface area contributed by atoms with Crippen molar-refractivity contribution in [2.24, 2.45) is 5.73 Å². The van der Waals surface area contributed by atoms with E-state index < -0.39 is 6.10 Å². The highest BCUT2D eigenvalue weighted by Gasteiger charge is 2.16. The first-order valence-electron chi connectivity index (χ1n) is 6.18. The first-order valence-corrected chi connectivity index (χ1v) is 7.00. The maximum absolute atomic E-state index is 12.2. The van der Waals surface area contributed by atoms with Crippen molar-refractivity contribution in [2.75, 3.05) is 20.1 Å². The number of thiophene rings is 1. The van der Waals surface area contributed by atoms with Crippen LogP contribution in [0.3, 0.4) is 0 Å². The second-order valence-electron chi connectivity index (χ2n) is 4.49. The molecule has 19 heavy (non-hydrogen) atoms. The maximum atomic E-state index is 12.2. The molecule has 0 saturated heterocycles. The van der Waals surface area contributed by atoms with Gasteiger partial charge in [0.1, 0.15) is 0 Å². The molecular formula is C14H20N2O2S. The molecule has 0 saturated carbocycles. The fourth-order valence-corrected chi connectivity index (χ4v) is 2.55.